The van der Waals surface area contributed by atoms with E-state index in [0.29, 0.717) is 31.9 Å². The Morgan fingerprint density at radius 1 is 1.00 bits per heavy atom. The summed E-state index contributed by atoms with van der Waals surface area (Å²) in [5.74, 6) is 1.33. The van der Waals surface area contributed by atoms with Gasteiger partial charge >= 0.3 is 5.82 Å². The molecule has 0 radical (unpaired) electrons. The minimum absolute atomic E-state index is 0.0418. The van der Waals surface area contributed by atoms with Gasteiger partial charge in [0, 0.05) is 42.8 Å². The van der Waals surface area contributed by atoms with Crippen molar-refractivity contribution in [3.8, 4) is 0 Å². The summed E-state index contributed by atoms with van der Waals surface area (Å²) in [6.45, 7) is 5.59. The number of rotatable bonds is 6. The van der Waals surface area contributed by atoms with Crippen LogP contribution in [0.25, 0.3) is 0 Å². The van der Waals surface area contributed by atoms with Crippen molar-refractivity contribution in [2.24, 2.45) is 0 Å². The van der Waals surface area contributed by atoms with Crippen LogP contribution in [0.4, 0.5) is 17.3 Å². The van der Waals surface area contributed by atoms with Crippen LogP contribution in [-0.2, 0) is 13.0 Å². The van der Waals surface area contributed by atoms with Gasteiger partial charge < -0.3 is 19.9 Å². The summed E-state index contributed by atoms with van der Waals surface area (Å²) in [4.78, 5) is 20.3. The van der Waals surface area contributed by atoms with Crippen molar-refractivity contribution in [3.05, 3.63) is 80.6 Å². The molecule has 1 aliphatic rings. The van der Waals surface area contributed by atoms with Crippen LogP contribution in [0.1, 0.15) is 18.3 Å². The van der Waals surface area contributed by atoms with Crippen molar-refractivity contribution in [1.29, 1.82) is 0 Å². The summed E-state index contributed by atoms with van der Waals surface area (Å²) in [7, 11) is 0. The lowest BCUT2D eigenvalue weighted by Gasteiger charge is -2.37. The molecule has 30 heavy (non-hydrogen) atoms. The highest BCUT2D eigenvalue weighted by Crippen LogP contribution is 2.32. The lowest BCUT2D eigenvalue weighted by Crippen LogP contribution is -2.47. The number of benzene rings is 2. The number of anilines is 2. The molecule has 1 aromatic heterocycles. The molecule has 0 aliphatic carbocycles. The average molecular weight is 470 g/mol. The Labute approximate surface area is 184 Å². The van der Waals surface area contributed by atoms with Crippen LogP contribution in [0.15, 0.2) is 59.1 Å². The van der Waals surface area contributed by atoms with Crippen LogP contribution >= 0.6 is 15.9 Å². The number of halogens is 1. The van der Waals surface area contributed by atoms with Crippen LogP contribution in [-0.4, -0.2) is 40.7 Å². The molecule has 1 saturated heterocycles. The summed E-state index contributed by atoms with van der Waals surface area (Å²) in [5.41, 5.74) is 2.27. The van der Waals surface area contributed by atoms with Crippen LogP contribution in [0.5, 0.6) is 0 Å². The van der Waals surface area contributed by atoms with Crippen LogP contribution in [0.3, 0.4) is 0 Å². The summed E-state index contributed by atoms with van der Waals surface area (Å²) >= 11 is 3.48. The molecule has 0 atom stereocenters. The molecule has 0 bridgehead atoms. The SMILES string of the molecule is CCc1nc([N+](=O)[O-])c(N2CCN(c3ccc(Br)cc3)CC2)n1Cc1ccccc1. The van der Waals surface area contributed by atoms with Crippen LogP contribution < -0.4 is 9.80 Å². The maximum Gasteiger partial charge on any atom is 0.406 e. The normalized spacial score (nSPS) is 14.2. The predicted octanol–water partition coefficient (Wildman–Crippen LogP) is 4.49. The number of hydrogen-bond donors (Lipinski definition) is 0. The van der Waals surface area contributed by atoms with Gasteiger partial charge in [0.15, 0.2) is 0 Å². The summed E-state index contributed by atoms with van der Waals surface area (Å²) in [6.07, 6.45) is 0.645. The van der Waals surface area contributed by atoms with Gasteiger partial charge in [-0.05, 0) is 39.7 Å². The van der Waals surface area contributed by atoms with E-state index in [4.69, 9.17) is 0 Å². The van der Waals surface area contributed by atoms with E-state index in [1.165, 1.54) is 5.69 Å². The zero-order valence-corrected chi connectivity index (χ0v) is 18.5. The van der Waals surface area contributed by atoms with E-state index in [0.717, 1.165) is 29.0 Å². The summed E-state index contributed by atoms with van der Waals surface area (Å²) in [5, 5.41) is 11.8. The second-order valence-corrected chi connectivity index (χ2v) is 8.22. The fourth-order valence-electron chi connectivity index (χ4n) is 3.94. The largest absolute Gasteiger partial charge is 0.406 e. The monoisotopic (exact) mass is 469 g/mol. The fraction of sp³-hybridized carbons (Fsp3) is 0.318. The first kappa shape index (κ1) is 20.4. The zero-order chi connectivity index (χ0) is 21.1. The van der Waals surface area contributed by atoms with E-state index in [1.807, 2.05) is 54.0 Å². The van der Waals surface area contributed by atoms with Gasteiger partial charge in [0.25, 0.3) is 0 Å². The van der Waals surface area contributed by atoms with Crippen molar-refractivity contribution < 1.29 is 4.92 Å². The van der Waals surface area contributed by atoms with E-state index in [-0.39, 0.29) is 10.7 Å². The Kier molecular flexibility index (Phi) is 6.03. The number of aromatic nitrogens is 2. The Hall–Kier alpha value is -2.87. The Balaban J connectivity index is 1.62. The smallest absolute Gasteiger partial charge is 0.368 e. The minimum Gasteiger partial charge on any atom is -0.368 e. The number of hydrogen-bond acceptors (Lipinski definition) is 5. The molecule has 1 fully saturated rings. The topological polar surface area (TPSA) is 67.4 Å². The van der Waals surface area contributed by atoms with E-state index >= 15 is 0 Å². The Morgan fingerprint density at radius 2 is 1.63 bits per heavy atom. The van der Waals surface area contributed by atoms with E-state index in [1.54, 1.807) is 0 Å². The van der Waals surface area contributed by atoms with Crippen molar-refractivity contribution in [3.63, 3.8) is 0 Å². The Bertz CT molecular complexity index is 1010. The molecule has 2 heterocycles. The second-order valence-electron chi connectivity index (χ2n) is 7.31. The van der Waals surface area contributed by atoms with Gasteiger partial charge in [0.05, 0.1) is 6.54 Å². The van der Waals surface area contributed by atoms with E-state index < -0.39 is 0 Å². The first-order valence-corrected chi connectivity index (χ1v) is 10.9. The van der Waals surface area contributed by atoms with Crippen molar-refractivity contribution in [2.75, 3.05) is 36.0 Å². The number of aryl methyl sites for hydroxylation is 1. The van der Waals surface area contributed by atoms with Crippen LogP contribution in [0.2, 0.25) is 0 Å². The molecular weight excluding hydrogens is 446 g/mol. The van der Waals surface area contributed by atoms with Gasteiger partial charge in [0.2, 0.25) is 11.6 Å². The molecular formula is C22H24BrN5O2. The number of imidazole rings is 1. The number of piperazine rings is 1. The number of nitrogens with zero attached hydrogens (tertiary/aromatic N) is 5. The number of nitro groups is 1. The highest BCUT2D eigenvalue weighted by molar-refractivity contribution is 9.10. The first-order valence-electron chi connectivity index (χ1n) is 10.1. The molecule has 3 aromatic rings. The molecule has 156 valence electrons. The van der Waals surface area contributed by atoms with E-state index in [2.05, 4.69) is 42.8 Å². The van der Waals surface area contributed by atoms with Gasteiger partial charge in [-0.1, -0.05) is 53.2 Å². The zero-order valence-electron chi connectivity index (χ0n) is 16.9. The third-order valence-corrected chi connectivity index (χ3v) is 5.97. The Morgan fingerprint density at radius 3 is 2.23 bits per heavy atom. The van der Waals surface area contributed by atoms with Gasteiger partial charge in [-0.2, -0.15) is 0 Å². The molecule has 0 amide bonds. The molecule has 1 aliphatic heterocycles. The second kappa shape index (κ2) is 8.87. The van der Waals surface area contributed by atoms with Crippen molar-refractivity contribution >= 4 is 33.3 Å². The molecule has 0 spiro atoms. The lowest BCUT2D eigenvalue weighted by molar-refractivity contribution is -0.388. The third-order valence-electron chi connectivity index (χ3n) is 5.45. The molecule has 0 saturated carbocycles. The van der Waals surface area contributed by atoms with Crippen molar-refractivity contribution in [2.45, 2.75) is 19.9 Å². The van der Waals surface area contributed by atoms with Crippen LogP contribution in [0, 0.1) is 10.1 Å². The maximum absolute atomic E-state index is 11.8. The quantitative estimate of drug-likeness (QED) is 0.392. The van der Waals surface area contributed by atoms with Gasteiger partial charge in [-0.3, -0.25) is 4.57 Å². The van der Waals surface area contributed by atoms with E-state index in [9.17, 15) is 10.1 Å². The molecule has 0 N–H and O–H groups in total. The fourth-order valence-corrected chi connectivity index (χ4v) is 4.20. The molecule has 2 aromatic carbocycles. The van der Waals surface area contributed by atoms with Crippen molar-refractivity contribution in [1.82, 2.24) is 9.55 Å². The molecule has 7 nitrogen and oxygen atoms in total. The summed E-state index contributed by atoms with van der Waals surface area (Å²) < 4.78 is 3.07. The molecule has 4 rings (SSSR count). The standard InChI is InChI=1S/C22H24BrN5O2/c1-2-20-24-21(28(29)30)22(27(20)16-17-6-4-3-5-7-17)26-14-12-25(13-15-26)19-10-8-18(23)9-11-19/h3-11H,2,12-16H2,1H3. The minimum atomic E-state index is -0.350. The molecule has 0 unspecified atom stereocenters. The first-order chi connectivity index (χ1) is 14.6. The van der Waals surface area contributed by atoms with Gasteiger partial charge in [0.1, 0.15) is 0 Å². The third kappa shape index (κ3) is 4.18. The van der Waals surface area contributed by atoms with Gasteiger partial charge in [-0.15, -0.1) is 0 Å². The summed E-state index contributed by atoms with van der Waals surface area (Å²) in [6, 6.07) is 18.3. The molecule has 8 heteroatoms. The lowest BCUT2D eigenvalue weighted by atomic mass is 10.2. The predicted molar refractivity (Wildman–Crippen MR) is 122 cm³/mol. The maximum atomic E-state index is 11.8. The van der Waals surface area contributed by atoms with Gasteiger partial charge in [-0.25, -0.2) is 0 Å². The highest BCUT2D eigenvalue weighted by atomic mass is 79.9. The highest BCUT2D eigenvalue weighted by Gasteiger charge is 2.32. The average Bonchev–Trinajstić information content (AvgIpc) is 3.14.